The van der Waals surface area contributed by atoms with E-state index in [4.69, 9.17) is 5.84 Å². The Hall–Kier alpha value is -1.06. The van der Waals surface area contributed by atoms with E-state index < -0.39 is 0 Å². The van der Waals surface area contributed by atoms with Crippen molar-refractivity contribution in [3.63, 3.8) is 0 Å². The molecule has 1 rings (SSSR count). The Labute approximate surface area is 54.1 Å². The van der Waals surface area contributed by atoms with Crippen molar-refractivity contribution in [2.75, 3.05) is 0 Å². The van der Waals surface area contributed by atoms with Gasteiger partial charge in [0.1, 0.15) is 0 Å². The Kier molecular flexibility index (Phi) is 1.67. The van der Waals surface area contributed by atoms with Gasteiger partial charge in [0.05, 0.1) is 5.70 Å². The number of rotatable bonds is 1. The highest BCUT2D eigenvalue weighted by molar-refractivity contribution is 5.24. The minimum Gasteiger partial charge on any atom is -0.272 e. The van der Waals surface area contributed by atoms with Crippen molar-refractivity contribution < 1.29 is 0 Å². The Morgan fingerprint density at radius 2 is 2.33 bits per heavy atom. The molecular weight excluding hydrogens is 114 g/mol. The average Bonchev–Trinajstić information content (AvgIpc) is 1.89. The van der Waals surface area contributed by atoms with Gasteiger partial charge in [0.25, 0.3) is 0 Å². The summed E-state index contributed by atoms with van der Waals surface area (Å²) in [6.07, 6.45) is 7.42. The van der Waals surface area contributed by atoms with Crippen molar-refractivity contribution in [1.82, 2.24) is 10.5 Å². The Morgan fingerprint density at radius 3 is 2.78 bits per heavy atom. The van der Waals surface area contributed by atoms with E-state index in [-0.39, 0.29) is 0 Å². The highest BCUT2D eigenvalue weighted by Gasteiger charge is 1.98. The van der Waals surface area contributed by atoms with Gasteiger partial charge in [-0.3, -0.25) is 10.9 Å². The van der Waals surface area contributed by atoms with Crippen LogP contribution < -0.4 is 11.4 Å². The third-order valence-electron chi connectivity index (χ3n) is 1.08. The number of allylic oxidation sites excluding steroid dienone is 3. The highest BCUT2D eigenvalue weighted by Crippen LogP contribution is 2.04. The molecule has 0 saturated heterocycles. The van der Waals surface area contributed by atoms with E-state index in [0.717, 1.165) is 5.70 Å². The van der Waals surface area contributed by atoms with Crippen LogP contribution in [0.5, 0.6) is 0 Å². The monoisotopic (exact) mass is 123 g/mol. The van der Waals surface area contributed by atoms with Gasteiger partial charge in [-0.05, 0) is 12.2 Å². The summed E-state index contributed by atoms with van der Waals surface area (Å²) in [7, 11) is 0. The molecule has 0 fully saturated rings. The topological polar surface area (TPSA) is 41.3 Å². The fourth-order valence-corrected chi connectivity index (χ4v) is 0.604. The highest BCUT2D eigenvalue weighted by atomic mass is 15.6. The second-order valence-electron chi connectivity index (χ2n) is 1.69. The smallest absolute Gasteiger partial charge is 0.0512 e. The first-order valence-electron chi connectivity index (χ1n) is 2.64. The summed E-state index contributed by atoms with van der Waals surface area (Å²) in [5.74, 6) is 5.12. The molecule has 3 N–H and O–H groups in total. The molecule has 48 valence electrons. The molecule has 9 heavy (non-hydrogen) atoms. The van der Waals surface area contributed by atoms with Crippen molar-refractivity contribution in [3.8, 4) is 0 Å². The quantitative estimate of drug-likeness (QED) is 0.388. The lowest BCUT2D eigenvalue weighted by atomic mass is 10.3. The molecule has 0 aromatic carbocycles. The number of hydrogen-bond donors (Lipinski definition) is 2. The van der Waals surface area contributed by atoms with Gasteiger partial charge in [-0.2, -0.15) is 5.53 Å². The first kappa shape index (κ1) is 6.07. The zero-order chi connectivity index (χ0) is 6.69. The average molecular weight is 123 g/mol. The Bertz CT molecular complexity index is 169. The van der Waals surface area contributed by atoms with Crippen LogP contribution in [0.3, 0.4) is 0 Å². The molecule has 3 heteroatoms. The molecule has 0 atom stereocenters. The minimum atomic E-state index is 0.833. The lowest BCUT2D eigenvalue weighted by molar-refractivity contribution is 0.354. The molecule has 0 radical (unpaired) electrons. The third kappa shape index (κ3) is 1.19. The lowest BCUT2D eigenvalue weighted by Crippen LogP contribution is -2.38. The molecule has 0 unspecified atom stereocenters. The van der Waals surface area contributed by atoms with Gasteiger partial charge in [0.2, 0.25) is 0 Å². The van der Waals surface area contributed by atoms with E-state index in [2.05, 4.69) is 12.1 Å². The van der Waals surface area contributed by atoms with Crippen LogP contribution >= 0.6 is 0 Å². The fourth-order valence-electron chi connectivity index (χ4n) is 0.604. The summed E-state index contributed by atoms with van der Waals surface area (Å²) < 4.78 is 0. The van der Waals surface area contributed by atoms with Crippen LogP contribution in [-0.4, -0.2) is 5.01 Å². The maximum absolute atomic E-state index is 5.12. The molecule has 3 nitrogen and oxygen atoms in total. The number of nitrogens with two attached hydrogens (primary N) is 1. The van der Waals surface area contributed by atoms with E-state index in [1.165, 1.54) is 0 Å². The predicted molar refractivity (Wildman–Crippen MR) is 36.6 cm³/mol. The third-order valence-corrected chi connectivity index (χ3v) is 1.08. The summed E-state index contributed by atoms with van der Waals surface area (Å²) in [5, 5.41) is 1.62. The van der Waals surface area contributed by atoms with Crippen LogP contribution in [0.15, 0.2) is 36.7 Å². The molecule has 1 aliphatic rings. The second-order valence-corrected chi connectivity index (χ2v) is 1.69. The van der Waals surface area contributed by atoms with Gasteiger partial charge in [0, 0.05) is 6.20 Å². The molecule has 0 aliphatic carbocycles. The maximum atomic E-state index is 5.12. The van der Waals surface area contributed by atoms with Crippen molar-refractivity contribution >= 4 is 0 Å². The van der Waals surface area contributed by atoms with Crippen molar-refractivity contribution in [2.24, 2.45) is 5.84 Å². The molecule has 0 saturated carbocycles. The molecular formula is C6H9N3. The molecule has 0 aromatic rings. The minimum absolute atomic E-state index is 0.833. The lowest BCUT2D eigenvalue weighted by Gasteiger charge is -2.19. The molecule has 0 bridgehead atoms. The van der Waals surface area contributed by atoms with E-state index in [1.54, 1.807) is 11.2 Å². The van der Waals surface area contributed by atoms with E-state index in [0.29, 0.717) is 0 Å². The van der Waals surface area contributed by atoms with Crippen LogP contribution in [0.4, 0.5) is 0 Å². The predicted octanol–water partition coefficient (Wildman–Crippen LogP) is 0.264. The molecule has 0 amide bonds. The summed E-state index contributed by atoms with van der Waals surface area (Å²) >= 11 is 0. The molecule has 0 aromatic heterocycles. The van der Waals surface area contributed by atoms with Gasteiger partial charge in [-0.15, -0.1) is 0 Å². The first-order chi connectivity index (χ1) is 4.34. The van der Waals surface area contributed by atoms with Gasteiger partial charge < -0.3 is 0 Å². The van der Waals surface area contributed by atoms with Crippen LogP contribution in [0.1, 0.15) is 0 Å². The van der Waals surface area contributed by atoms with E-state index in [1.807, 2.05) is 18.2 Å². The Balaban J connectivity index is 2.66. The van der Waals surface area contributed by atoms with Crippen molar-refractivity contribution in [3.05, 3.63) is 36.7 Å². The second kappa shape index (κ2) is 2.48. The first-order valence-corrected chi connectivity index (χ1v) is 2.64. The van der Waals surface area contributed by atoms with E-state index >= 15 is 0 Å². The van der Waals surface area contributed by atoms with Crippen molar-refractivity contribution in [1.29, 1.82) is 0 Å². The van der Waals surface area contributed by atoms with Crippen LogP contribution in [0.25, 0.3) is 0 Å². The van der Waals surface area contributed by atoms with Crippen LogP contribution in [0, 0.1) is 0 Å². The Morgan fingerprint density at radius 1 is 1.56 bits per heavy atom. The fraction of sp³-hybridized carbons (Fsp3) is 0. The zero-order valence-electron chi connectivity index (χ0n) is 5.04. The van der Waals surface area contributed by atoms with Gasteiger partial charge in [-0.25, -0.2) is 0 Å². The van der Waals surface area contributed by atoms with Gasteiger partial charge >= 0.3 is 0 Å². The molecule has 1 heterocycles. The summed E-state index contributed by atoms with van der Waals surface area (Å²) in [6.45, 7) is 3.71. The summed E-state index contributed by atoms with van der Waals surface area (Å²) in [5.41, 5.74) is 3.28. The zero-order valence-corrected chi connectivity index (χ0v) is 5.04. The maximum Gasteiger partial charge on any atom is 0.0512 e. The van der Waals surface area contributed by atoms with Crippen molar-refractivity contribution in [2.45, 2.75) is 0 Å². The molecule has 1 aliphatic heterocycles. The number of nitrogens with one attached hydrogen (secondary N) is 1. The number of nitrogens with zero attached hydrogens (tertiary/aromatic N) is 1. The van der Waals surface area contributed by atoms with Crippen LogP contribution in [-0.2, 0) is 0 Å². The normalized spacial score (nSPS) is 17.0. The summed E-state index contributed by atoms with van der Waals surface area (Å²) in [4.78, 5) is 0. The number of hydrazine groups is 2. The standard InChI is InChI=1S/C6H9N3/c1-6-4-2-3-5-9(6)8-7/h2-5,8H,1,7H2. The summed E-state index contributed by atoms with van der Waals surface area (Å²) in [6, 6.07) is 0. The largest absolute Gasteiger partial charge is 0.272 e. The van der Waals surface area contributed by atoms with Crippen LogP contribution in [0.2, 0.25) is 0 Å². The SMILES string of the molecule is C=C1C=CC=CN1NN. The number of hydrogen-bond acceptors (Lipinski definition) is 3. The van der Waals surface area contributed by atoms with Gasteiger partial charge in [0.15, 0.2) is 0 Å². The van der Waals surface area contributed by atoms with E-state index in [9.17, 15) is 0 Å². The molecule has 0 spiro atoms. The van der Waals surface area contributed by atoms with Gasteiger partial charge in [-0.1, -0.05) is 12.7 Å².